The summed E-state index contributed by atoms with van der Waals surface area (Å²) >= 11 is 5.57. The minimum absolute atomic E-state index is 0.0390. The monoisotopic (exact) mass is 213 g/mol. The van der Waals surface area contributed by atoms with Crippen molar-refractivity contribution in [1.29, 1.82) is 0 Å². The lowest BCUT2D eigenvalue weighted by Gasteiger charge is -2.16. The van der Waals surface area contributed by atoms with Crippen LogP contribution in [0.4, 0.5) is 10.5 Å². The molecule has 0 spiro atoms. The van der Waals surface area contributed by atoms with Crippen molar-refractivity contribution in [2.45, 2.75) is 6.54 Å². The van der Waals surface area contributed by atoms with E-state index in [1.54, 1.807) is 12.1 Å². The molecule has 0 atom stereocenters. The summed E-state index contributed by atoms with van der Waals surface area (Å²) in [4.78, 5) is 12.2. The Kier molecular flexibility index (Phi) is 3.73. The Hall–Kier alpha value is -1.26. The first-order chi connectivity index (χ1) is 6.69. The van der Waals surface area contributed by atoms with Crippen molar-refractivity contribution in [2.24, 2.45) is 11.5 Å². The molecule has 14 heavy (non-hydrogen) atoms. The highest BCUT2D eigenvalue weighted by Gasteiger charge is 2.09. The third kappa shape index (κ3) is 2.37. The predicted molar refractivity (Wildman–Crippen MR) is 57.1 cm³/mol. The molecule has 0 heterocycles. The van der Waals surface area contributed by atoms with Crippen LogP contribution in [0.15, 0.2) is 24.3 Å². The van der Waals surface area contributed by atoms with Crippen LogP contribution in [-0.2, 0) is 6.54 Å². The van der Waals surface area contributed by atoms with Gasteiger partial charge in [0.2, 0.25) is 0 Å². The van der Waals surface area contributed by atoms with Crippen LogP contribution in [0.2, 0.25) is 0 Å². The summed E-state index contributed by atoms with van der Waals surface area (Å²) in [6.45, 7) is 0.470. The number of rotatable bonds is 3. The molecule has 0 aliphatic heterocycles. The van der Waals surface area contributed by atoms with Crippen LogP contribution in [0.1, 0.15) is 5.56 Å². The van der Waals surface area contributed by atoms with Gasteiger partial charge in [0.1, 0.15) is 6.00 Å². The van der Waals surface area contributed by atoms with Gasteiger partial charge in [0.15, 0.2) is 0 Å². The molecule has 0 bridgehead atoms. The minimum Gasteiger partial charge on any atom is -0.351 e. The number of urea groups is 1. The number of benzene rings is 1. The van der Waals surface area contributed by atoms with Gasteiger partial charge in [0.25, 0.3) is 0 Å². The number of nitrogens with zero attached hydrogens (tertiary/aromatic N) is 1. The number of carbonyl (C=O) groups is 1. The summed E-state index contributed by atoms with van der Waals surface area (Å²) in [6, 6.07) is 6.65. The van der Waals surface area contributed by atoms with Gasteiger partial charge >= 0.3 is 6.03 Å². The summed E-state index contributed by atoms with van der Waals surface area (Å²) < 4.78 is 0. The van der Waals surface area contributed by atoms with Crippen LogP contribution in [0.25, 0.3) is 0 Å². The highest BCUT2D eigenvalue weighted by Crippen LogP contribution is 2.15. The number of carbonyl (C=O) groups excluding carboxylic acids is 1. The van der Waals surface area contributed by atoms with Crippen LogP contribution in [0.3, 0.4) is 0 Å². The number of primary amides is 1. The molecule has 1 aromatic carbocycles. The Balaban J connectivity index is 2.89. The van der Waals surface area contributed by atoms with Crippen molar-refractivity contribution in [3.05, 3.63) is 29.8 Å². The Bertz CT molecular complexity index is 312. The average molecular weight is 214 g/mol. The summed E-state index contributed by atoms with van der Waals surface area (Å²) in [5.74, 6) is 0. The number of hydrogen-bond donors (Lipinski definition) is 2. The normalized spacial score (nSPS) is 9.86. The van der Waals surface area contributed by atoms with Crippen LogP contribution in [0.5, 0.6) is 0 Å². The summed E-state index contributed by atoms with van der Waals surface area (Å²) in [7, 11) is 0. The molecule has 0 aliphatic carbocycles. The summed E-state index contributed by atoms with van der Waals surface area (Å²) in [6.07, 6.45) is 0. The zero-order valence-corrected chi connectivity index (χ0v) is 8.37. The Labute approximate surface area is 87.4 Å². The summed E-state index contributed by atoms with van der Waals surface area (Å²) in [5.41, 5.74) is 12.2. The first-order valence-corrected chi connectivity index (χ1v) is 4.64. The molecule has 4 nitrogen and oxygen atoms in total. The van der Waals surface area contributed by atoms with Crippen LogP contribution in [-0.4, -0.2) is 12.0 Å². The van der Waals surface area contributed by atoms with Gasteiger partial charge in [-0.1, -0.05) is 12.1 Å². The Morgan fingerprint density at radius 2 is 1.93 bits per heavy atom. The molecule has 0 saturated carbocycles. The SMILES string of the molecule is NCc1ccc(N(CCl)C(N)=O)cc1. The zero-order chi connectivity index (χ0) is 10.6. The van der Waals surface area contributed by atoms with Crippen molar-refractivity contribution >= 4 is 23.3 Å². The lowest BCUT2D eigenvalue weighted by atomic mass is 10.2. The quantitative estimate of drug-likeness (QED) is 0.586. The van der Waals surface area contributed by atoms with Gasteiger partial charge in [-0.15, -0.1) is 11.6 Å². The van der Waals surface area contributed by atoms with Crippen molar-refractivity contribution in [2.75, 3.05) is 10.9 Å². The topological polar surface area (TPSA) is 72.3 Å². The molecule has 0 aliphatic rings. The van der Waals surface area contributed by atoms with Gasteiger partial charge in [-0.3, -0.25) is 4.90 Å². The van der Waals surface area contributed by atoms with Gasteiger partial charge in [0, 0.05) is 12.2 Å². The standard InChI is InChI=1S/C9H12ClN3O/c10-6-13(9(12)14)8-3-1-7(5-11)2-4-8/h1-4H,5-6,11H2,(H2,12,14). The van der Waals surface area contributed by atoms with Crippen LogP contribution < -0.4 is 16.4 Å². The van der Waals surface area contributed by atoms with E-state index in [0.717, 1.165) is 5.56 Å². The largest absolute Gasteiger partial charge is 0.351 e. The second-order valence-corrected chi connectivity index (χ2v) is 3.00. The molecule has 0 fully saturated rings. The maximum atomic E-state index is 10.9. The third-order valence-electron chi connectivity index (χ3n) is 1.87. The van der Waals surface area contributed by atoms with Gasteiger partial charge in [-0.05, 0) is 17.7 Å². The van der Waals surface area contributed by atoms with E-state index in [4.69, 9.17) is 23.1 Å². The van der Waals surface area contributed by atoms with Crippen LogP contribution in [0, 0.1) is 0 Å². The summed E-state index contributed by atoms with van der Waals surface area (Å²) in [5, 5.41) is 0. The van der Waals surface area contributed by atoms with Gasteiger partial charge in [0.05, 0.1) is 0 Å². The molecular weight excluding hydrogens is 202 g/mol. The van der Waals surface area contributed by atoms with Crippen molar-refractivity contribution in [3.63, 3.8) is 0 Å². The fourth-order valence-corrected chi connectivity index (χ4v) is 1.32. The zero-order valence-electron chi connectivity index (χ0n) is 7.61. The van der Waals surface area contributed by atoms with E-state index in [1.165, 1.54) is 4.90 Å². The highest BCUT2D eigenvalue weighted by atomic mass is 35.5. The van der Waals surface area contributed by atoms with Crippen LogP contribution >= 0.6 is 11.6 Å². The highest BCUT2D eigenvalue weighted by molar-refractivity contribution is 6.21. The predicted octanol–water partition coefficient (Wildman–Crippen LogP) is 1.23. The van der Waals surface area contributed by atoms with Crippen molar-refractivity contribution in [1.82, 2.24) is 0 Å². The van der Waals surface area contributed by atoms with E-state index >= 15 is 0 Å². The van der Waals surface area contributed by atoms with E-state index in [2.05, 4.69) is 0 Å². The maximum absolute atomic E-state index is 10.9. The molecule has 4 N–H and O–H groups in total. The lowest BCUT2D eigenvalue weighted by Crippen LogP contribution is -2.34. The smallest absolute Gasteiger partial charge is 0.320 e. The first kappa shape index (κ1) is 10.8. The fraction of sp³-hybridized carbons (Fsp3) is 0.222. The molecule has 1 aromatic rings. The van der Waals surface area contributed by atoms with Gasteiger partial charge < -0.3 is 11.5 Å². The second kappa shape index (κ2) is 4.83. The number of halogens is 1. The minimum atomic E-state index is -0.569. The Morgan fingerprint density at radius 1 is 1.36 bits per heavy atom. The number of hydrogen-bond acceptors (Lipinski definition) is 2. The molecule has 76 valence electrons. The molecular formula is C9H12ClN3O. The number of nitrogens with two attached hydrogens (primary N) is 2. The first-order valence-electron chi connectivity index (χ1n) is 4.11. The fourth-order valence-electron chi connectivity index (χ4n) is 1.07. The number of amides is 2. The number of anilines is 1. The molecule has 0 radical (unpaired) electrons. The van der Waals surface area contributed by atoms with Crippen molar-refractivity contribution in [3.8, 4) is 0 Å². The van der Waals surface area contributed by atoms with E-state index in [1.807, 2.05) is 12.1 Å². The van der Waals surface area contributed by atoms with E-state index in [9.17, 15) is 4.79 Å². The van der Waals surface area contributed by atoms with E-state index in [-0.39, 0.29) is 6.00 Å². The van der Waals surface area contributed by atoms with Gasteiger partial charge in [-0.25, -0.2) is 4.79 Å². The van der Waals surface area contributed by atoms with E-state index < -0.39 is 6.03 Å². The molecule has 5 heteroatoms. The average Bonchev–Trinajstić information content (AvgIpc) is 2.19. The molecule has 0 unspecified atom stereocenters. The lowest BCUT2D eigenvalue weighted by molar-refractivity contribution is 0.255. The third-order valence-corrected chi connectivity index (χ3v) is 2.11. The Morgan fingerprint density at radius 3 is 2.29 bits per heavy atom. The molecule has 0 aromatic heterocycles. The van der Waals surface area contributed by atoms with Gasteiger partial charge in [-0.2, -0.15) is 0 Å². The number of alkyl halides is 1. The molecule has 1 rings (SSSR count). The van der Waals surface area contributed by atoms with E-state index in [0.29, 0.717) is 12.2 Å². The maximum Gasteiger partial charge on any atom is 0.320 e. The second-order valence-electron chi connectivity index (χ2n) is 2.76. The molecule has 0 saturated heterocycles. The van der Waals surface area contributed by atoms with Crippen molar-refractivity contribution < 1.29 is 4.79 Å². The molecule has 2 amide bonds.